The van der Waals surface area contributed by atoms with Gasteiger partial charge in [0.25, 0.3) is 0 Å². The molecule has 16 heavy (non-hydrogen) atoms. The molecule has 0 bridgehead atoms. The predicted molar refractivity (Wildman–Crippen MR) is 70.6 cm³/mol. The van der Waals surface area contributed by atoms with Gasteiger partial charge in [-0.2, -0.15) is 0 Å². The summed E-state index contributed by atoms with van der Waals surface area (Å²) in [4.78, 5) is 0. The third-order valence-corrected chi connectivity index (χ3v) is 3.55. The molecule has 0 spiro atoms. The minimum atomic E-state index is -2.79. The maximum atomic E-state index is 10.8. The highest BCUT2D eigenvalue weighted by molar-refractivity contribution is 7.90. The Morgan fingerprint density at radius 2 is 1.44 bits per heavy atom. The van der Waals surface area contributed by atoms with E-state index in [9.17, 15) is 8.42 Å². The van der Waals surface area contributed by atoms with Crippen molar-refractivity contribution in [3.8, 4) is 0 Å². The van der Waals surface area contributed by atoms with E-state index in [0.717, 1.165) is 13.0 Å². The fourth-order valence-corrected chi connectivity index (χ4v) is 2.10. The molecule has 0 saturated heterocycles. The van der Waals surface area contributed by atoms with E-state index in [4.69, 9.17) is 0 Å². The van der Waals surface area contributed by atoms with Gasteiger partial charge in [0, 0.05) is 12.8 Å². The van der Waals surface area contributed by atoms with E-state index in [1.165, 1.54) is 44.8 Å². The Kier molecular flexibility index (Phi) is 10.0. The van der Waals surface area contributed by atoms with Gasteiger partial charge >= 0.3 is 0 Å². The van der Waals surface area contributed by atoms with Crippen LogP contribution in [0.2, 0.25) is 0 Å². The molecule has 0 saturated carbocycles. The summed E-state index contributed by atoms with van der Waals surface area (Å²) in [6, 6.07) is 0. The zero-order valence-corrected chi connectivity index (χ0v) is 11.6. The minimum absolute atomic E-state index is 0.253. The molecule has 98 valence electrons. The molecule has 0 rings (SSSR count). The molecular weight excluding hydrogens is 222 g/mol. The van der Waals surface area contributed by atoms with E-state index >= 15 is 0 Å². The summed E-state index contributed by atoms with van der Waals surface area (Å²) < 4.78 is 21.7. The summed E-state index contributed by atoms with van der Waals surface area (Å²) in [6.45, 7) is 3.77. The van der Waals surface area contributed by atoms with Crippen LogP contribution in [-0.2, 0) is 9.84 Å². The van der Waals surface area contributed by atoms with Crippen molar-refractivity contribution in [2.24, 2.45) is 0 Å². The molecule has 0 amide bonds. The van der Waals surface area contributed by atoms with Gasteiger partial charge in [-0.25, -0.2) is 8.42 Å². The van der Waals surface area contributed by atoms with Gasteiger partial charge in [-0.15, -0.1) is 0 Å². The van der Waals surface area contributed by atoms with Gasteiger partial charge in [0.05, 0.1) is 5.75 Å². The first-order valence-electron chi connectivity index (χ1n) is 6.44. The molecule has 0 aliphatic heterocycles. The number of hydrogen-bond donors (Lipinski definition) is 1. The number of rotatable bonds is 11. The van der Waals surface area contributed by atoms with Gasteiger partial charge in [-0.3, -0.25) is 0 Å². The van der Waals surface area contributed by atoms with Crippen molar-refractivity contribution in [3.63, 3.8) is 0 Å². The zero-order chi connectivity index (χ0) is 12.3. The van der Waals surface area contributed by atoms with Crippen LogP contribution in [0.25, 0.3) is 0 Å². The average molecular weight is 249 g/mol. The summed E-state index contributed by atoms with van der Waals surface area (Å²) in [5, 5.41) is 3.16. The SMILES string of the molecule is CCCCCCCCCNCCS(C)(=O)=O. The summed E-state index contributed by atoms with van der Waals surface area (Å²) in [7, 11) is -2.79. The molecule has 3 nitrogen and oxygen atoms in total. The molecule has 0 aromatic carbocycles. The zero-order valence-electron chi connectivity index (χ0n) is 10.8. The van der Waals surface area contributed by atoms with Crippen LogP contribution in [0.1, 0.15) is 51.9 Å². The van der Waals surface area contributed by atoms with Gasteiger partial charge in [0.1, 0.15) is 9.84 Å². The van der Waals surface area contributed by atoms with E-state index in [1.807, 2.05) is 0 Å². The third kappa shape index (κ3) is 13.9. The van der Waals surface area contributed by atoms with Crippen molar-refractivity contribution in [1.29, 1.82) is 0 Å². The van der Waals surface area contributed by atoms with Gasteiger partial charge in [-0.1, -0.05) is 45.4 Å². The molecule has 4 heteroatoms. The van der Waals surface area contributed by atoms with Crippen LogP contribution < -0.4 is 5.32 Å². The van der Waals surface area contributed by atoms with Crippen LogP contribution in [0.5, 0.6) is 0 Å². The Morgan fingerprint density at radius 1 is 0.875 bits per heavy atom. The van der Waals surface area contributed by atoms with Crippen LogP contribution >= 0.6 is 0 Å². The Balaban J connectivity index is 3.05. The first kappa shape index (κ1) is 15.9. The summed E-state index contributed by atoms with van der Waals surface area (Å²) in [5.41, 5.74) is 0. The summed E-state index contributed by atoms with van der Waals surface area (Å²) >= 11 is 0. The lowest BCUT2D eigenvalue weighted by Crippen LogP contribution is -2.23. The quantitative estimate of drug-likeness (QED) is 0.572. The lowest BCUT2D eigenvalue weighted by atomic mass is 10.1. The molecule has 0 aromatic heterocycles. The molecule has 0 aliphatic rings. The Bertz CT molecular complexity index is 237. The molecule has 0 aliphatic carbocycles. The summed E-state index contributed by atoms with van der Waals surface area (Å²) in [5.74, 6) is 0.253. The minimum Gasteiger partial charge on any atom is -0.316 e. The van der Waals surface area contributed by atoms with Crippen molar-refractivity contribution in [2.45, 2.75) is 51.9 Å². The Hall–Kier alpha value is -0.0900. The maximum absolute atomic E-state index is 10.8. The van der Waals surface area contributed by atoms with E-state index in [0.29, 0.717) is 6.54 Å². The largest absolute Gasteiger partial charge is 0.316 e. The topological polar surface area (TPSA) is 46.2 Å². The Labute approximate surface area is 101 Å². The van der Waals surface area contributed by atoms with Crippen LogP contribution in [0.3, 0.4) is 0 Å². The molecule has 0 atom stereocenters. The maximum Gasteiger partial charge on any atom is 0.148 e. The monoisotopic (exact) mass is 249 g/mol. The predicted octanol–water partition coefficient (Wildman–Crippen LogP) is 2.37. The second-order valence-corrected chi connectivity index (χ2v) is 6.76. The standard InChI is InChI=1S/C12H27NO2S/c1-3-4-5-6-7-8-9-10-13-11-12-16(2,14)15/h13H,3-12H2,1-2H3. The van der Waals surface area contributed by atoms with Gasteiger partial charge in [0.15, 0.2) is 0 Å². The molecule has 0 radical (unpaired) electrons. The fraction of sp³-hybridized carbons (Fsp3) is 1.00. The van der Waals surface area contributed by atoms with Gasteiger partial charge in [-0.05, 0) is 13.0 Å². The van der Waals surface area contributed by atoms with Crippen molar-refractivity contribution >= 4 is 9.84 Å². The lowest BCUT2D eigenvalue weighted by Gasteiger charge is -2.03. The normalized spacial score (nSPS) is 11.9. The van der Waals surface area contributed by atoms with Crippen molar-refractivity contribution in [3.05, 3.63) is 0 Å². The van der Waals surface area contributed by atoms with Gasteiger partial charge < -0.3 is 5.32 Å². The molecule has 0 fully saturated rings. The molecule has 1 N–H and O–H groups in total. The average Bonchev–Trinajstić information content (AvgIpc) is 2.19. The second kappa shape index (κ2) is 10.1. The van der Waals surface area contributed by atoms with E-state index in [-0.39, 0.29) is 5.75 Å². The highest BCUT2D eigenvalue weighted by Crippen LogP contribution is 2.06. The number of hydrogen-bond acceptors (Lipinski definition) is 3. The Morgan fingerprint density at radius 3 is 2.00 bits per heavy atom. The number of nitrogens with one attached hydrogen (secondary N) is 1. The summed E-state index contributed by atoms with van der Waals surface area (Å²) in [6.07, 6.45) is 10.4. The van der Waals surface area contributed by atoms with Crippen molar-refractivity contribution < 1.29 is 8.42 Å². The second-order valence-electron chi connectivity index (χ2n) is 4.50. The van der Waals surface area contributed by atoms with Crippen LogP contribution in [0.4, 0.5) is 0 Å². The molecular formula is C12H27NO2S. The van der Waals surface area contributed by atoms with Crippen LogP contribution in [-0.4, -0.2) is 33.5 Å². The van der Waals surface area contributed by atoms with Crippen molar-refractivity contribution in [1.82, 2.24) is 5.32 Å². The lowest BCUT2D eigenvalue weighted by molar-refractivity contribution is 0.565. The van der Waals surface area contributed by atoms with Crippen LogP contribution in [0.15, 0.2) is 0 Å². The fourth-order valence-electron chi connectivity index (χ4n) is 1.59. The third-order valence-electron chi connectivity index (χ3n) is 2.61. The smallest absolute Gasteiger partial charge is 0.148 e. The number of sulfone groups is 1. The van der Waals surface area contributed by atoms with E-state index < -0.39 is 9.84 Å². The molecule has 0 heterocycles. The van der Waals surface area contributed by atoms with Crippen LogP contribution in [0, 0.1) is 0 Å². The van der Waals surface area contributed by atoms with E-state index in [1.54, 1.807) is 0 Å². The van der Waals surface area contributed by atoms with Crippen molar-refractivity contribution in [2.75, 3.05) is 25.1 Å². The number of unbranched alkanes of at least 4 members (excludes halogenated alkanes) is 6. The molecule has 0 aromatic rings. The highest BCUT2D eigenvalue weighted by Gasteiger charge is 1.99. The van der Waals surface area contributed by atoms with E-state index in [2.05, 4.69) is 12.2 Å². The molecule has 0 unspecified atom stereocenters. The first-order chi connectivity index (χ1) is 7.56. The first-order valence-corrected chi connectivity index (χ1v) is 8.50. The van der Waals surface area contributed by atoms with Gasteiger partial charge in [0.2, 0.25) is 0 Å². The highest BCUT2D eigenvalue weighted by atomic mass is 32.2.